The molecule has 0 heterocycles. The lowest BCUT2D eigenvalue weighted by atomic mass is 10.2. The molecule has 1 aromatic rings. The Labute approximate surface area is 119 Å². The number of hydrogen-bond donors (Lipinski definition) is 1. The molecule has 0 radical (unpaired) electrons. The average molecular weight is 273 g/mol. The van der Waals surface area contributed by atoms with E-state index in [-0.39, 0.29) is 11.8 Å². The zero-order valence-electron chi connectivity index (χ0n) is 11.6. The van der Waals surface area contributed by atoms with Gasteiger partial charge in [0.2, 0.25) is 5.91 Å². The molecule has 0 aliphatic heterocycles. The lowest BCUT2D eigenvalue weighted by Crippen LogP contribution is -2.29. The molecular weight excluding hydrogens is 254 g/mol. The van der Waals surface area contributed by atoms with Crippen molar-refractivity contribution >= 4 is 11.8 Å². The van der Waals surface area contributed by atoms with Crippen LogP contribution in [0.5, 0.6) is 0 Å². The van der Waals surface area contributed by atoms with E-state index in [2.05, 4.69) is 5.32 Å². The van der Waals surface area contributed by atoms with Gasteiger partial charge in [-0.15, -0.1) is 0 Å². The molecule has 0 saturated carbocycles. The first-order valence-corrected chi connectivity index (χ1v) is 6.59. The van der Waals surface area contributed by atoms with Crippen molar-refractivity contribution in [1.82, 2.24) is 10.2 Å². The molecule has 1 aromatic carbocycles. The SMILES string of the molecule is CN(CCC#N)C(=O)CCCNC(=O)c1ccccc1. The summed E-state index contributed by atoms with van der Waals surface area (Å²) < 4.78 is 0. The molecule has 0 saturated heterocycles. The van der Waals surface area contributed by atoms with Gasteiger partial charge in [-0.2, -0.15) is 5.26 Å². The molecule has 0 aliphatic rings. The summed E-state index contributed by atoms with van der Waals surface area (Å²) in [5, 5.41) is 11.2. The number of rotatable bonds is 7. The molecule has 1 rings (SSSR count). The summed E-state index contributed by atoms with van der Waals surface area (Å²) in [4.78, 5) is 24.9. The zero-order valence-corrected chi connectivity index (χ0v) is 11.6. The Balaban J connectivity index is 2.20. The number of carbonyl (C=O) groups excluding carboxylic acids is 2. The van der Waals surface area contributed by atoms with Crippen molar-refractivity contribution < 1.29 is 9.59 Å². The van der Waals surface area contributed by atoms with E-state index in [4.69, 9.17) is 5.26 Å². The Morgan fingerprint density at radius 3 is 2.65 bits per heavy atom. The molecule has 1 N–H and O–H groups in total. The number of carbonyl (C=O) groups is 2. The van der Waals surface area contributed by atoms with E-state index >= 15 is 0 Å². The summed E-state index contributed by atoms with van der Waals surface area (Å²) in [6, 6.07) is 11.0. The molecule has 20 heavy (non-hydrogen) atoms. The van der Waals surface area contributed by atoms with Crippen molar-refractivity contribution in [2.45, 2.75) is 19.3 Å². The zero-order chi connectivity index (χ0) is 14.8. The predicted molar refractivity (Wildman–Crippen MR) is 75.9 cm³/mol. The molecule has 5 heteroatoms. The van der Waals surface area contributed by atoms with Crippen LogP contribution in [0.4, 0.5) is 0 Å². The lowest BCUT2D eigenvalue weighted by Gasteiger charge is -2.15. The third-order valence-corrected chi connectivity index (χ3v) is 2.87. The van der Waals surface area contributed by atoms with Crippen molar-refractivity contribution in [3.63, 3.8) is 0 Å². The minimum Gasteiger partial charge on any atom is -0.352 e. The fourth-order valence-corrected chi connectivity index (χ4v) is 1.67. The summed E-state index contributed by atoms with van der Waals surface area (Å²) in [6.07, 6.45) is 1.30. The number of amides is 2. The Bertz CT molecular complexity index is 480. The molecule has 0 spiro atoms. The standard InChI is InChI=1S/C15H19N3O2/c1-18(12-6-10-16)14(19)9-5-11-17-15(20)13-7-3-2-4-8-13/h2-4,7-8H,5-6,9,11-12H2,1H3,(H,17,20). The smallest absolute Gasteiger partial charge is 0.251 e. The lowest BCUT2D eigenvalue weighted by molar-refractivity contribution is -0.129. The Morgan fingerprint density at radius 2 is 2.00 bits per heavy atom. The van der Waals surface area contributed by atoms with Crippen LogP contribution in [0.25, 0.3) is 0 Å². The molecule has 0 bridgehead atoms. The van der Waals surface area contributed by atoms with Crippen LogP contribution in [0.15, 0.2) is 30.3 Å². The molecule has 0 fully saturated rings. The number of nitrogens with one attached hydrogen (secondary N) is 1. The highest BCUT2D eigenvalue weighted by atomic mass is 16.2. The maximum Gasteiger partial charge on any atom is 0.251 e. The number of nitriles is 1. The predicted octanol–water partition coefficient (Wildman–Crippen LogP) is 1.57. The molecular formula is C15H19N3O2. The number of benzene rings is 1. The normalized spacial score (nSPS) is 9.60. The third kappa shape index (κ3) is 5.53. The van der Waals surface area contributed by atoms with Crippen LogP contribution in [-0.4, -0.2) is 36.9 Å². The fraction of sp³-hybridized carbons (Fsp3) is 0.400. The van der Waals surface area contributed by atoms with Gasteiger partial charge in [-0.1, -0.05) is 18.2 Å². The minimum atomic E-state index is -0.129. The van der Waals surface area contributed by atoms with Crippen LogP contribution in [0.2, 0.25) is 0 Å². The van der Waals surface area contributed by atoms with E-state index in [9.17, 15) is 9.59 Å². The molecule has 2 amide bonds. The van der Waals surface area contributed by atoms with Gasteiger partial charge in [0.1, 0.15) is 0 Å². The monoisotopic (exact) mass is 273 g/mol. The van der Waals surface area contributed by atoms with Gasteiger partial charge < -0.3 is 10.2 Å². The van der Waals surface area contributed by atoms with E-state index in [0.717, 1.165) is 0 Å². The van der Waals surface area contributed by atoms with E-state index < -0.39 is 0 Å². The maximum atomic E-state index is 11.7. The summed E-state index contributed by atoms with van der Waals surface area (Å²) in [5.74, 6) is -0.134. The summed E-state index contributed by atoms with van der Waals surface area (Å²) >= 11 is 0. The van der Waals surface area contributed by atoms with Crippen molar-refractivity contribution in [3.8, 4) is 6.07 Å². The second-order valence-corrected chi connectivity index (χ2v) is 4.45. The van der Waals surface area contributed by atoms with Crippen LogP contribution >= 0.6 is 0 Å². The summed E-state index contributed by atoms with van der Waals surface area (Å²) in [5.41, 5.74) is 0.616. The van der Waals surface area contributed by atoms with Gasteiger partial charge in [0.25, 0.3) is 5.91 Å². The van der Waals surface area contributed by atoms with Gasteiger partial charge in [0, 0.05) is 32.1 Å². The molecule has 5 nitrogen and oxygen atoms in total. The summed E-state index contributed by atoms with van der Waals surface area (Å²) in [6.45, 7) is 0.914. The molecule has 0 aliphatic carbocycles. The minimum absolute atomic E-state index is 0.00536. The van der Waals surface area contributed by atoms with Gasteiger partial charge in [0.15, 0.2) is 0 Å². The first kappa shape index (κ1) is 15.7. The van der Waals surface area contributed by atoms with Gasteiger partial charge in [-0.3, -0.25) is 9.59 Å². The first-order valence-electron chi connectivity index (χ1n) is 6.59. The Morgan fingerprint density at radius 1 is 1.30 bits per heavy atom. The van der Waals surface area contributed by atoms with Crippen LogP contribution in [0.3, 0.4) is 0 Å². The van der Waals surface area contributed by atoms with E-state index in [1.807, 2.05) is 24.3 Å². The summed E-state index contributed by atoms with van der Waals surface area (Å²) in [7, 11) is 1.68. The second-order valence-electron chi connectivity index (χ2n) is 4.45. The van der Waals surface area contributed by atoms with Crippen LogP contribution in [0, 0.1) is 11.3 Å². The van der Waals surface area contributed by atoms with Crippen LogP contribution in [-0.2, 0) is 4.79 Å². The third-order valence-electron chi connectivity index (χ3n) is 2.87. The number of nitrogens with zero attached hydrogens (tertiary/aromatic N) is 2. The van der Waals surface area contributed by atoms with Crippen molar-refractivity contribution in [2.75, 3.05) is 20.1 Å². The highest BCUT2D eigenvalue weighted by Gasteiger charge is 2.08. The highest BCUT2D eigenvalue weighted by Crippen LogP contribution is 1.99. The molecule has 0 unspecified atom stereocenters. The van der Waals surface area contributed by atoms with E-state index in [0.29, 0.717) is 37.9 Å². The first-order chi connectivity index (χ1) is 9.65. The van der Waals surface area contributed by atoms with Crippen molar-refractivity contribution in [2.24, 2.45) is 0 Å². The Kier molecular flexibility index (Phi) is 6.83. The fourth-order valence-electron chi connectivity index (χ4n) is 1.67. The van der Waals surface area contributed by atoms with Crippen LogP contribution < -0.4 is 5.32 Å². The molecule has 106 valence electrons. The van der Waals surface area contributed by atoms with Gasteiger partial charge in [-0.05, 0) is 18.6 Å². The largest absolute Gasteiger partial charge is 0.352 e. The van der Waals surface area contributed by atoms with Crippen LogP contribution in [0.1, 0.15) is 29.6 Å². The van der Waals surface area contributed by atoms with Crippen molar-refractivity contribution in [3.05, 3.63) is 35.9 Å². The average Bonchev–Trinajstić information content (AvgIpc) is 2.49. The number of hydrogen-bond acceptors (Lipinski definition) is 3. The second kappa shape index (κ2) is 8.70. The Hall–Kier alpha value is -2.35. The van der Waals surface area contributed by atoms with Gasteiger partial charge in [-0.25, -0.2) is 0 Å². The molecule has 0 atom stereocenters. The van der Waals surface area contributed by atoms with E-state index in [1.54, 1.807) is 24.1 Å². The van der Waals surface area contributed by atoms with E-state index in [1.165, 1.54) is 0 Å². The maximum absolute atomic E-state index is 11.7. The topological polar surface area (TPSA) is 73.2 Å². The van der Waals surface area contributed by atoms with Crippen molar-refractivity contribution in [1.29, 1.82) is 5.26 Å². The van der Waals surface area contributed by atoms with Gasteiger partial charge >= 0.3 is 0 Å². The highest BCUT2D eigenvalue weighted by molar-refractivity contribution is 5.94. The quantitative estimate of drug-likeness (QED) is 0.766. The van der Waals surface area contributed by atoms with Gasteiger partial charge in [0.05, 0.1) is 12.5 Å². The molecule has 0 aromatic heterocycles.